The Labute approximate surface area is 119 Å². The van der Waals surface area contributed by atoms with Crippen LogP contribution in [0, 0.1) is 0 Å². The van der Waals surface area contributed by atoms with E-state index in [0.717, 1.165) is 17.1 Å². The van der Waals surface area contributed by atoms with Crippen molar-refractivity contribution in [3.05, 3.63) is 24.1 Å². The van der Waals surface area contributed by atoms with E-state index in [1.165, 1.54) is 0 Å². The molecule has 2 N–H and O–H groups in total. The average Bonchev–Trinajstić information content (AvgIpc) is 2.55. The molecule has 1 saturated heterocycles. The van der Waals surface area contributed by atoms with Crippen molar-refractivity contribution in [2.45, 2.75) is 38.8 Å². The molecular weight excluding hydrogens is 258 g/mol. The number of hydroxylamine groups is 2. The lowest BCUT2D eigenvalue weighted by Crippen LogP contribution is -2.33. The summed E-state index contributed by atoms with van der Waals surface area (Å²) in [7, 11) is 0. The quantitative estimate of drug-likeness (QED) is 0.457. The number of carbonyl (C=O) groups is 1. The lowest BCUT2D eigenvalue weighted by molar-refractivity contribution is -0.0484. The number of nitrogens with zero attached hydrogens (tertiary/aromatic N) is 2. The van der Waals surface area contributed by atoms with Crippen molar-refractivity contribution in [2.24, 2.45) is 0 Å². The summed E-state index contributed by atoms with van der Waals surface area (Å²) in [6.45, 7) is 11.5. The van der Waals surface area contributed by atoms with Crippen molar-refractivity contribution in [3.63, 3.8) is 0 Å². The highest BCUT2D eigenvalue weighted by Gasteiger charge is 2.40. The van der Waals surface area contributed by atoms with E-state index in [2.05, 4.69) is 11.9 Å². The molecule has 112 valence electrons. The van der Waals surface area contributed by atoms with Crippen LogP contribution in [0.3, 0.4) is 0 Å². The first kappa shape index (κ1) is 14.7. The molecule has 1 atom stereocenters. The van der Waals surface area contributed by atoms with Crippen molar-refractivity contribution in [1.29, 1.82) is 0 Å². The molecule has 1 unspecified atom stereocenters. The third kappa shape index (κ3) is 3.25. The average molecular weight is 281 g/mol. The van der Waals surface area contributed by atoms with Crippen LogP contribution < -0.4 is 5.32 Å². The van der Waals surface area contributed by atoms with Gasteiger partial charge in [0.15, 0.2) is 5.88 Å². The summed E-state index contributed by atoms with van der Waals surface area (Å²) in [5.41, 5.74) is 0.805. The maximum atomic E-state index is 11.6. The summed E-state index contributed by atoms with van der Waals surface area (Å²) < 4.78 is 5.58. The standard InChI is InChI=1S/C14H23N3O3/c1-10(20-14(2,3)4)15-7-5-11-6-8-16-9-12(11)17(19)13(16)18/h6,12,15,19H,1,5,7-9H2,2-4H3. The Morgan fingerprint density at radius 3 is 2.95 bits per heavy atom. The Morgan fingerprint density at radius 2 is 2.30 bits per heavy atom. The van der Waals surface area contributed by atoms with E-state index in [-0.39, 0.29) is 17.7 Å². The molecule has 0 aromatic rings. The van der Waals surface area contributed by atoms with Gasteiger partial charge in [0, 0.05) is 19.6 Å². The first-order valence-electron chi connectivity index (χ1n) is 6.85. The normalized spacial score (nSPS) is 21.9. The van der Waals surface area contributed by atoms with Crippen LogP contribution in [0.15, 0.2) is 24.1 Å². The maximum absolute atomic E-state index is 11.6. The molecule has 0 aromatic heterocycles. The summed E-state index contributed by atoms with van der Waals surface area (Å²) in [4.78, 5) is 13.2. The smallest absolute Gasteiger partial charge is 0.344 e. The SMILES string of the molecule is C=C(NCCC1=CCN2CC1N(O)C2=O)OC(C)(C)C. The number of urea groups is 1. The van der Waals surface area contributed by atoms with E-state index in [1.54, 1.807) is 4.90 Å². The lowest BCUT2D eigenvalue weighted by Gasteiger charge is -2.25. The van der Waals surface area contributed by atoms with E-state index in [9.17, 15) is 10.0 Å². The largest absolute Gasteiger partial charge is 0.474 e. The molecule has 2 bridgehead atoms. The Kier molecular flexibility index (Phi) is 3.94. The van der Waals surface area contributed by atoms with Gasteiger partial charge in [0.25, 0.3) is 0 Å². The molecule has 2 aliphatic heterocycles. The number of ether oxygens (including phenoxy) is 1. The zero-order valence-electron chi connectivity index (χ0n) is 12.3. The number of hydrogen-bond donors (Lipinski definition) is 2. The van der Waals surface area contributed by atoms with E-state index in [0.29, 0.717) is 25.5 Å². The zero-order chi connectivity index (χ0) is 14.9. The summed E-state index contributed by atoms with van der Waals surface area (Å²) >= 11 is 0. The number of rotatable bonds is 5. The minimum Gasteiger partial charge on any atom is -0.474 e. The Bertz CT molecular complexity index is 439. The molecule has 0 aromatic carbocycles. The Balaban J connectivity index is 1.79. The van der Waals surface area contributed by atoms with Gasteiger partial charge in [-0.25, -0.2) is 4.79 Å². The fourth-order valence-electron chi connectivity index (χ4n) is 2.45. The first-order chi connectivity index (χ1) is 9.28. The fourth-order valence-corrected chi connectivity index (χ4v) is 2.45. The molecule has 2 aliphatic rings. The van der Waals surface area contributed by atoms with Crippen LogP contribution in [0.2, 0.25) is 0 Å². The van der Waals surface area contributed by atoms with Crippen LogP contribution in [0.4, 0.5) is 4.79 Å². The summed E-state index contributed by atoms with van der Waals surface area (Å²) in [5.74, 6) is 0.541. The molecule has 6 nitrogen and oxygen atoms in total. The molecule has 0 aliphatic carbocycles. The number of fused-ring (bicyclic) bond motifs is 2. The van der Waals surface area contributed by atoms with Crippen LogP contribution in [0.25, 0.3) is 0 Å². The van der Waals surface area contributed by atoms with Gasteiger partial charge in [-0.3, -0.25) is 5.21 Å². The monoisotopic (exact) mass is 281 g/mol. The molecular formula is C14H23N3O3. The molecule has 1 fully saturated rings. The fraction of sp³-hybridized carbons (Fsp3) is 0.643. The highest BCUT2D eigenvalue weighted by molar-refractivity contribution is 5.77. The van der Waals surface area contributed by atoms with Gasteiger partial charge in [-0.15, -0.1) is 0 Å². The summed E-state index contributed by atoms with van der Waals surface area (Å²) in [5, 5.41) is 13.7. The zero-order valence-corrected chi connectivity index (χ0v) is 12.3. The summed E-state index contributed by atoms with van der Waals surface area (Å²) in [6.07, 6.45) is 2.76. The van der Waals surface area contributed by atoms with Gasteiger partial charge < -0.3 is 15.0 Å². The lowest BCUT2D eigenvalue weighted by atomic mass is 10.0. The number of nitrogens with one attached hydrogen (secondary N) is 1. The van der Waals surface area contributed by atoms with Gasteiger partial charge in [0.2, 0.25) is 0 Å². The van der Waals surface area contributed by atoms with Gasteiger partial charge >= 0.3 is 6.03 Å². The van der Waals surface area contributed by atoms with Crippen molar-refractivity contribution < 1.29 is 14.7 Å². The molecule has 2 rings (SSSR count). The van der Waals surface area contributed by atoms with Crippen LogP contribution in [-0.4, -0.2) is 52.5 Å². The van der Waals surface area contributed by atoms with E-state index in [1.807, 2.05) is 26.8 Å². The predicted molar refractivity (Wildman–Crippen MR) is 75.1 cm³/mol. The van der Waals surface area contributed by atoms with Crippen molar-refractivity contribution in [3.8, 4) is 0 Å². The molecule has 20 heavy (non-hydrogen) atoms. The molecule has 2 heterocycles. The third-order valence-electron chi connectivity index (χ3n) is 3.32. The first-order valence-corrected chi connectivity index (χ1v) is 6.85. The maximum Gasteiger partial charge on any atom is 0.344 e. The highest BCUT2D eigenvalue weighted by atomic mass is 16.5. The molecule has 6 heteroatoms. The number of amides is 2. The number of carbonyl (C=O) groups excluding carboxylic acids is 1. The highest BCUT2D eigenvalue weighted by Crippen LogP contribution is 2.26. The van der Waals surface area contributed by atoms with E-state index >= 15 is 0 Å². The second-order valence-corrected chi connectivity index (χ2v) is 6.14. The van der Waals surface area contributed by atoms with Crippen LogP contribution >= 0.6 is 0 Å². The van der Waals surface area contributed by atoms with Crippen molar-refractivity contribution in [2.75, 3.05) is 19.6 Å². The minimum absolute atomic E-state index is 0.213. The van der Waals surface area contributed by atoms with E-state index < -0.39 is 0 Å². The van der Waals surface area contributed by atoms with Crippen LogP contribution in [-0.2, 0) is 4.74 Å². The van der Waals surface area contributed by atoms with Crippen molar-refractivity contribution >= 4 is 6.03 Å². The van der Waals surface area contributed by atoms with Gasteiger partial charge in [0.05, 0.1) is 6.04 Å². The molecule has 0 spiro atoms. The molecule has 2 amide bonds. The van der Waals surface area contributed by atoms with E-state index in [4.69, 9.17) is 4.74 Å². The van der Waals surface area contributed by atoms with Gasteiger partial charge in [-0.1, -0.05) is 6.08 Å². The Morgan fingerprint density at radius 1 is 1.60 bits per heavy atom. The third-order valence-corrected chi connectivity index (χ3v) is 3.32. The predicted octanol–water partition coefficient (Wildman–Crippen LogP) is 1.69. The molecule has 0 radical (unpaired) electrons. The van der Waals surface area contributed by atoms with Gasteiger partial charge in [0.1, 0.15) is 5.60 Å². The second kappa shape index (κ2) is 5.36. The van der Waals surface area contributed by atoms with Crippen molar-refractivity contribution in [1.82, 2.24) is 15.3 Å². The Hall–Kier alpha value is -1.69. The van der Waals surface area contributed by atoms with Gasteiger partial charge in [-0.2, -0.15) is 5.06 Å². The summed E-state index contributed by atoms with van der Waals surface area (Å²) in [6, 6.07) is -0.524. The topological polar surface area (TPSA) is 65.0 Å². The number of hydrogen-bond acceptors (Lipinski definition) is 4. The van der Waals surface area contributed by atoms with Crippen LogP contribution in [0.5, 0.6) is 0 Å². The minimum atomic E-state index is -0.310. The second-order valence-electron chi connectivity index (χ2n) is 6.14. The van der Waals surface area contributed by atoms with Crippen LogP contribution in [0.1, 0.15) is 27.2 Å². The van der Waals surface area contributed by atoms with Gasteiger partial charge in [-0.05, 0) is 39.3 Å². The molecule has 0 saturated carbocycles.